The first-order valence-corrected chi connectivity index (χ1v) is 4.79. The molecule has 1 aliphatic heterocycles. The fourth-order valence-electron chi connectivity index (χ4n) is 2.07. The van der Waals surface area contributed by atoms with E-state index in [2.05, 4.69) is 4.98 Å². The van der Waals surface area contributed by atoms with Crippen molar-refractivity contribution in [3.05, 3.63) is 27.5 Å². The molecule has 2 N–H and O–H groups in total. The molecule has 5 heteroatoms. The zero-order chi connectivity index (χ0) is 11.2. The SMILES string of the molecule is CCC1c2c(cc(=O)[nH]c2O)C(=O)N1C. The predicted octanol–water partition coefficient (Wildman–Crippen LogP) is 0.617. The number of pyridine rings is 1. The summed E-state index contributed by atoms with van der Waals surface area (Å²) >= 11 is 0. The summed E-state index contributed by atoms with van der Waals surface area (Å²) in [5, 5.41) is 9.61. The highest BCUT2D eigenvalue weighted by Gasteiger charge is 2.36. The normalized spacial score (nSPS) is 19.5. The Morgan fingerprint density at radius 3 is 2.80 bits per heavy atom. The summed E-state index contributed by atoms with van der Waals surface area (Å²) in [6.45, 7) is 1.92. The average Bonchev–Trinajstić information content (AvgIpc) is 2.42. The van der Waals surface area contributed by atoms with Crippen molar-refractivity contribution in [3.8, 4) is 5.88 Å². The summed E-state index contributed by atoms with van der Waals surface area (Å²) in [5.41, 5.74) is 0.389. The molecule has 15 heavy (non-hydrogen) atoms. The Morgan fingerprint density at radius 2 is 2.20 bits per heavy atom. The molecule has 5 nitrogen and oxygen atoms in total. The second-order valence-electron chi connectivity index (χ2n) is 3.65. The molecule has 1 aromatic rings. The number of aromatic hydroxyl groups is 1. The van der Waals surface area contributed by atoms with Gasteiger partial charge in [0.1, 0.15) is 0 Å². The Hall–Kier alpha value is -1.78. The molecule has 0 saturated carbocycles. The molecule has 0 fully saturated rings. The molecule has 80 valence electrons. The lowest BCUT2D eigenvalue weighted by Crippen LogP contribution is -2.22. The number of aromatic nitrogens is 1. The topological polar surface area (TPSA) is 73.4 Å². The van der Waals surface area contributed by atoms with Crippen LogP contribution in [0.2, 0.25) is 0 Å². The van der Waals surface area contributed by atoms with Gasteiger partial charge in [0.25, 0.3) is 11.5 Å². The minimum Gasteiger partial charge on any atom is -0.494 e. The molecule has 0 saturated heterocycles. The quantitative estimate of drug-likeness (QED) is 0.710. The van der Waals surface area contributed by atoms with Crippen LogP contribution < -0.4 is 5.56 Å². The third kappa shape index (κ3) is 1.23. The third-order valence-electron chi connectivity index (χ3n) is 2.80. The molecule has 0 spiro atoms. The maximum atomic E-state index is 11.7. The van der Waals surface area contributed by atoms with Crippen LogP contribution in [0.4, 0.5) is 0 Å². The molecule has 2 heterocycles. The van der Waals surface area contributed by atoms with Crippen LogP contribution in [-0.4, -0.2) is 27.9 Å². The van der Waals surface area contributed by atoms with Gasteiger partial charge in [0, 0.05) is 18.7 Å². The van der Waals surface area contributed by atoms with Gasteiger partial charge in [0.15, 0.2) is 5.88 Å². The van der Waals surface area contributed by atoms with Gasteiger partial charge in [-0.15, -0.1) is 0 Å². The highest BCUT2D eigenvalue weighted by atomic mass is 16.3. The van der Waals surface area contributed by atoms with Crippen molar-refractivity contribution in [1.82, 2.24) is 9.88 Å². The Balaban J connectivity index is 2.70. The van der Waals surface area contributed by atoms with Crippen LogP contribution >= 0.6 is 0 Å². The van der Waals surface area contributed by atoms with Gasteiger partial charge in [0.2, 0.25) is 0 Å². The van der Waals surface area contributed by atoms with Crippen LogP contribution in [0, 0.1) is 0 Å². The lowest BCUT2D eigenvalue weighted by Gasteiger charge is -2.18. The Kier molecular flexibility index (Phi) is 2.03. The number of fused-ring (bicyclic) bond motifs is 1. The smallest absolute Gasteiger partial charge is 0.254 e. The van der Waals surface area contributed by atoms with Gasteiger partial charge in [-0.1, -0.05) is 6.92 Å². The molecule has 1 aliphatic rings. The molecule has 1 unspecified atom stereocenters. The Labute approximate surface area is 86.3 Å². The second-order valence-corrected chi connectivity index (χ2v) is 3.65. The molecule has 0 aromatic carbocycles. The van der Waals surface area contributed by atoms with Gasteiger partial charge >= 0.3 is 0 Å². The maximum absolute atomic E-state index is 11.7. The largest absolute Gasteiger partial charge is 0.494 e. The minimum atomic E-state index is -0.454. The number of carbonyl (C=O) groups is 1. The van der Waals surface area contributed by atoms with Crippen LogP contribution in [-0.2, 0) is 0 Å². The van der Waals surface area contributed by atoms with Crippen LogP contribution in [0.25, 0.3) is 0 Å². The van der Waals surface area contributed by atoms with Crippen molar-refractivity contribution in [2.24, 2.45) is 0 Å². The van der Waals surface area contributed by atoms with Crippen molar-refractivity contribution in [2.45, 2.75) is 19.4 Å². The number of nitrogens with zero attached hydrogens (tertiary/aromatic N) is 1. The Morgan fingerprint density at radius 1 is 1.53 bits per heavy atom. The Bertz CT molecular complexity index is 478. The minimum absolute atomic E-state index is 0.149. The van der Waals surface area contributed by atoms with E-state index in [0.717, 1.165) is 0 Å². The molecule has 0 radical (unpaired) electrons. The predicted molar refractivity (Wildman–Crippen MR) is 53.9 cm³/mol. The number of H-pyrrole nitrogens is 1. The first kappa shape index (κ1) is 9.76. The summed E-state index contributed by atoms with van der Waals surface area (Å²) in [6, 6.07) is 1.09. The first-order valence-electron chi connectivity index (χ1n) is 4.79. The number of nitrogens with one attached hydrogen (secondary N) is 1. The van der Waals surface area contributed by atoms with E-state index in [1.807, 2.05) is 6.92 Å². The van der Waals surface area contributed by atoms with E-state index >= 15 is 0 Å². The molecular weight excluding hydrogens is 196 g/mol. The van der Waals surface area contributed by atoms with Gasteiger partial charge in [-0.2, -0.15) is 0 Å². The van der Waals surface area contributed by atoms with Gasteiger partial charge in [-0.25, -0.2) is 0 Å². The van der Waals surface area contributed by atoms with Crippen LogP contribution in [0.3, 0.4) is 0 Å². The number of rotatable bonds is 1. The number of hydrogen-bond acceptors (Lipinski definition) is 3. The summed E-state index contributed by atoms with van der Waals surface area (Å²) in [4.78, 5) is 26.7. The highest BCUT2D eigenvalue weighted by Crippen LogP contribution is 2.37. The summed E-state index contributed by atoms with van der Waals surface area (Å²) in [5.74, 6) is -0.402. The van der Waals surface area contributed by atoms with Crippen molar-refractivity contribution in [1.29, 1.82) is 0 Å². The fraction of sp³-hybridized carbons (Fsp3) is 0.400. The molecule has 1 aromatic heterocycles. The van der Waals surface area contributed by atoms with E-state index in [-0.39, 0.29) is 17.8 Å². The van der Waals surface area contributed by atoms with Gasteiger partial charge < -0.3 is 10.0 Å². The van der Waals surface area contributed by atoms with Gasteiger partial charge in [0.05, 0.1) is 11.6 Å². The van der Waals surface area contributed by atoms with E-state index in [0.29, 0.717) is 17.5 Å². The third-order valence-corrected chi connectivity index (χ3v) is 2.80. The highest BCUT2D eigenvalue weighted by molar-refractivity contribution is 5.99. The number of carbonyl (C=O) groups excluding carboxylic acids is 1. The van der Waals surface area contributed by atoms with Gasteiger partial charge in [-0.05, 0) is 6.42 Å². The number of hydrogen-bond donors (Lipinski definition) is 2. The zero-order valence-corrected chi connectivity index (χ0v) is 8.57. The second kappa shape index (κ2) is 3.12. The van der Waals surface area contributed by atoms with Crippen LogP contribution in [0.5, 0.6) is 5.88 Å². The van der Waals surface area contributed by atoms with Crippen LogP contribution in [0.1, 0.15) is 35.3 Å². The summed E-state index contributed by atoms with van der Waals surface area (Å²) in [7, 11) is 1.67. The monoisotopic (exact) mass is 208 g/mol. The average molecular weight is 208 g/mol. The van der Waals surface area contributed by atoms with E-state index in [4.69, 9.17) is 0 Å². The van der Waals surface area contributed by atoms with Crippen molar-refractivity contribution >= 4 is 5.91 Å². The maximum Gasteiger partial charge on any atom is 0.254 e. The molecule has 0 bridgehead atoms. The van der Waals surface area contributed by atoms with Crippen LogP contribution in [0.15, 0.2) is 10.9 Å². The van der Waals surface area contributed by atoms with E-state index in [9.17, 15) is 14.7 Å². The fourth-order valence-corrected chi connectivity index (χ4v) is 2.07. The summed E-state index contributed by atoms with van der Waals surface area (Å²) in [6.07, 6.45) is 0.703. The molecular formula is C10H12N2O3. The molecule has 1 amide bonds. The van der Waals surface area contributed by atoms with Gasteiger partial charge in [-0.3, -0.25) is 14.6 Å². The zero-order valence-electron chi connectivity index (χ0n) is 8.57. The standard InChI is InChI=1S/C10H12N2O3/c1-3-6-8-5(10(15)12(6)2)4-7(13)11-9(8)14/h4,6H,3H2,1-2H3,(H2,11,13,14). The lowest BCUT2D eigenvalue weighted by atomic mass is 10.1. The van der Waals surface area contributed by atoms with Crippen molar-refractivity contribution in [3.63, 3.8) is 0 Å². The van der Waals surface area contributed by atoms with E-state index < -0.39 is 5.56 Å². The van der Waals surface area contributed by atoms with Crippen molar-refractivity contribution in [2.75, 3.05) is 7.05 Å². The molecule has 0 aliphatic carbocycles. The number of aromatic amines is 1. The number of amides is 1. The van der Waals surface area contributed by atoms with E-state index in [1.54, 1.807) is 7.05 Å². The first-order chi connectivity index (χ1) is 7.06. The molecule has 2 rings (SSSR count). The molecule has 1 atom stereocenters. The van der Waals surface area contributed by atoms with E-state index in [1.165, 1.54) is 11.0 Å². The summed E-state index contributed by atoms with van der Waals surface area (Å²) < 4.78 is 0. The van der Waals surface area contributed by atoms with Crippen molar-refractivity contribution < 1.29 is 9.90 Å². The lowest BCUT2D eigenvalue weighted by molar-refractivity contribution is 0.0771.